The van der Waals surface area contributed by atoms with Gasteiger partial charge in [-0.2, -0.15) is 0 Å². The quantitative estimate of drug-likeness (QED) is 0.289. The third-order valence-electron chi connectivity index (χ3n) is 5.75. The summed E-state index contributed by atoms with van der Waals surface area (Å²) in [5.74, 6) is 0.368. The number of carbonyl (C=O) groups is 1. The van der Waals surface area contributed by atoms with Crippen LogP contribution in [0.5, 0.6) is 5.75 Å². The molecular weight excluding hydrogens is 612 g/mol. The number of ketones is 1. The molecule has 1 aromatic heterocycles. The normalized spacial score (nSPS) is 17.1. The van der Waals surface area contributed by atoms with E-state index < -0.39 is 8.07 Å². The molecule has 1 N–H and O–H groups in total. The summed E-state index contributed by atoms with van der Waals surface area (Å²) in [5.41, 5.74) is 2.86. The monoisotopic (exact) mass is 631 g/mol. The van der Waals surface area contributed by atoms with Gasteiger partial charge in [-0.05, 0) is 0 Å². The Balaban J connectivity index is 2.14. The number of allylic oxidation sites excluding steroid dienone is 4. The third kappa shape index (κ3) is 2.93. The zero-order valence-corrected chi connectivity index (χ0v) is 22.2. The summed E-state index contributed by atoms with van der Waals surface area (Å²) in [5, 5.41) is 13.3. The number of fused-ring (bicyclic) bond motifs is 2. The molecule has 0 spiro atoms. The average molecular weight is 631 g/mol. The Morgan fingerprint density at radius 3 is 2.57 bits per heavy atom. The van der Waals surface area contributed by atoms with E-state index in [1.54, 1.807) is 18.2 Å². The standard InChI is InChI=1S/C21H19BrINO2SeSi/c1-4-28(5-2)16-10-12(25)6-7-13(16)24-14-8-9-15(26)17(21(14)28)20-19(23)18(22)11(3)27-20/h6-10,26H,4-5H2,1-3H3. The van der Waals surface area contributed by atoms with Gasteiger partial charge in [0.05, 0.1) is 0 Å². The zero-order valence-electron chi connectivity index (χ0n) is 15.8. The Morgan fingerprint density at radius 1 is 1.25 bits per heavy atom. The van der Waals surface area contributed by atoms with Crippen LogP contribution < -0.4 is 5.19 Å². The van der Waals surface area contributed by atoms with Crippen LogP contribution in [0.2, 0.25) is 12.1 Å². The number of halogens is 2. The molecule has 0 atom stereocenters. The molecule has 2 heterocycles. The Hall–Kier alpha value is -0.734. The first-order valence-electron chi connectivity index (χ1n) is 9.18. The van der Waals surface area contributed by atoms with E-state index >= 15 is 0 Å². The Morgan fingerprint density at radius 2 is 1.96 bits per heavy atom. The summed E-state index contributed by atoms with van der Waals surface area (Å²) in [6.07, 6.45) is 5.27. The van der Waals surface area contributed by atoms with Crippen molar-refractivity contribution in [2.24, 2.45) is 4.99 Å². The van der Waals surface area contributed by atoms with Crippen molar-refractivity contribution in [2.45, 2.75) is 32.9 Å². The van der Waals surface area contributed by atoms with Crippen LogP contribution in [0.15, 0.2) is 45.0 Å². The number of carbonyl (C=O) groups excluding carboxylic acids is 1. The molecule has 0 unspecified atom stereocenters. The molecule has 1 aromatic carbocycles. The van der Waals surface area contributed by atoms with Crippen LogP contribution in [-0.2, 0) is 4.79 Å². The van der Waals surface area contributed by atoms with Gasteiger partial charge in [0, 0.05) is 0 Å². The van der Waals surface area contributed by atoms with Crippen LogP contribution in [0.25, 0.3) is 10.0 Å². The number of aliphatic imine (C=N–C) groups is 1. The first-order valence-corrected chi connectivity index (χ1v) is 15.2. The number of aryl methyl sites for hydroxylation is 1. The van der Waals surface area contributed by atoms with Gasteiger partial charge in [-0.1, -0.05) is 0 Å². The Bertz CT molecular complexity index is 1110. The Kier molecular flexibility index (Phi) is 5.50. The topological polar surface area (TPSA) is 49.7 Å². The van der Waals surface area contributed by atoms with Gasteiger partial charge >= 0.3 is 195 Å². The number of aromatic hydroxyl groups is 1. The van der Waals surface area contributed by atoms with Crippen molar-refractivity contribution < 1.29 is 9.90 Å². The molecule has 28 heavy (non-hydrogen) atoms. The van der Waals surface area contributed by atoms with E-state index in [-0.39, 0.29) is 20.3 Å². The van der Waals surface area contributed by atoms with Crippen molar-refractivity contribution in [1.82, 2.24) is 0 Å². The number of rotatable bonds is 3. The first kappa shape index (κ1) is 20.5. The summed E-state index contributed by atoms with van der Waals surface area (Å²) in [7, 11) is -2.24. The van der Waals surface area contributed by atoms with E-state index in [2.05, 4.69) is 59.3 Å². The van der Waals surface area contributed by atoms with Crippen LogP contribution in [0.4, 0.5) is 5.69 Å². The summed E-state index contributed by atoms with van der Waals surface area (Å²) in [6, 6.07) is 5.68. The fraction of sp³-hybridized carbons (Fsp3) is 0.238. The van der Waals surface area contributed by atoms with Gasteiger partial charge in [-0.3, -0.25) is 0 Å². The van der Waals surface area contributed by atoms with Crippen molar-refractivity contribution in [3.63, 3.8) is 0 Å². The molecular formula is C21H19BrINO2SeSi. The predicted molar refractivity (Wildman–Crippen MR) is 131 cm³/mol. The molecule has 2 aromatic rings. The summed E-state index contributed by atoms with van der Waals surface area (Å²) in [6.45, 7) is 6.59. The molecule has 0 amide bonds. The predicted octanol–water partition coefficient (Wildman–Crippen LogP) is 5.18. The van der Waals surface area contributed by atoms with Gasteiger partial charge in [0.1, 0.15) is 0 Å². The van der Waals surface area contributed by atoms with E-state index in [9.17, 15) is 9.90 Å². The van der Waals surface area contributed by atoms with Gasteiger partial charge in [0.15, 0.2) is 0 Å². The molecule has 1 aliphatic heterocycles. The molecule has 7 heteroatoms. The van der Waals surface area contributed by atoms with Crippen molar-refractivity contribution in [2.75, 3.05) is 0 Å². The van der Waals surface area contributed by atoms with E-state index in [4.69, 9.17) is 4.99 Å². The fourth-order valence-electron chi connectivity index (χ4n) is 4.29. The van der Waals surface area contributed by atoms with Gasteiger partial charge < -0.3 is 0 Å². The first-order chi connectivity index (χ1) is 13.3. The van der Waals surface area contributed by atoms with Crippen LogP contribution in [0.3, 0.4) is 0 Å². The molecule has 0 saturated carbocycles. The second-order valence-corrected chi connectivity index (χ2v) is 16.1. The van der Waals surface area contributed by atoms with Gasteiger partial charge in [0.25, 0.3) is 0 Å². The van der Waals surface area contributed by atoms with Crippen molar-refractivity contribution in [1.29, 1.82) is 0 Å². The SMILES string of the molecule is CC[Si]1(CC)C2=CC(=O)C=CC2=Nc2ccc(O)c(-c3[se]c(C)c(Br)c3I)c21. The summed E-state index contributed by atoms with van der Waals surface area (Å²) in [4.78, 5) is 17.1. The molecule has 1 aliphatic carbocycles. The van der Waals surface area contributed by atoms with E-state index in [1.165, 1.54) is 17.6 Å². The number of nitrogens with zero attached hydrogens (tertiary/aromatic N) is 1. The van der Waals surface area contributed by atoms with Crippen molar-refractivity contribution in [3.8, 4) is 15.8 Å². The number of phenolic OH excluding ortho intramolecular Hbond substituents is 1. The molecule has 0 bridgehead atoms. The maximum atomic E-state index is 12.2. The average Bonchev–Trinajstić information content (AvgIpc) is 2.94. The molecule has 144 valence electrons. The maximum absolute atomic E-state index is 12.2. The van der Waals surface area contributed by atoms with Gasteiger partial charge in [0.2, 0.25) is 0 Å². The van der Waals surface area contributed by atoms with Crippen LogP contribution in [0.1, 0.15) is 18.3 Å². The van der Waals surface area contributed by atoms with Gasteiger partial charge in [-0.25, -0.2) is 0 Å². The zero-order chi connectivity index (χ0) is 20.2. The number of hydrogen-bond donors (Lipinski definition) is 1. The molecule has 0 radical (unpaired) electrons. The third-order valence-corrected chi connectivity index (χ3v) is 17.6. The van der Waals surface area contributed by atoms with Crippen LogP contribution in [0, 0.1) is 10.5 Å². The van der Waals surface area contributed by atoms with E-state index in [0.717, 1.165) is 38.7 Å². The Labute approximate surface area is 193 Å². The van der Waals surface area contributed by atoms with Crippen molar-refractivity contribution in [3.05, 3.63) is 48.0 Å². The number of benzene rings is 1. The van der Waals surface area contributed by atoms with Crippen LogP contribution >= 0.6 is 38.5 Å². The minimum absolute atomic E-state index is 0.0389. The molecule has 3 nitrogen and oxygen atoms in total. The molecule has 2 aliphatic rings. The molecule has 4 rings (SSSR count). The number of hydrogen-bond acceptors (Lipinski definition) is 3. The van der Waals surface area contributed by atoms with Gasteiger partial charge in [-0.15, -0.1) is 0 Å². The van der Waals surface area contributed by atoms with Crippen molar-refractivity contribution >= 4 is 83.5 Å². The summed E-state index contributed by atoms with van der Waals surface area (Å²) >= 11 is 6.26. The summed E-state index contributed by atoms with van der Waals surface area (Å²) < 4.78 is 4.88. The molecule has 0 saturated heterocycles. The second kappa shape index (κ2) is 7.51. The van der Waals surface area contributed by atoms with E-state index in [1.807, 2.05) is 12.1 Å². The molecule has 0 fully saturated rings. The number of phenols is 1. The minimum atomic E-state index is -2.24. The fourth-order valence-corrected chi connectivity index (χ4v) is 13.8. The van der Waals surface area contributed by atoms with E-state index in [0.29, 0.717) is 5.75 Å². The second-order valence-electron chi connectivity index (χ2n) is 7.05. The van der Waals surface area contributed by atoms with Crippen LogP contribution in [-0.4, -0.2) is 39.2 Å².